The second kappa shape index (κ2) is 20.4. The van der Waals surface area contributed by atoms with E-state index >= 15 is 0 Å². The van der Waals surface area contributed by atoms with E-state index in [0.717, 1.165) is 11.1 Å². The molecular formula is C38H51N7O6. The number of hydrogen-bond donors (Lipinski definition) is 8. The maximum absolute atomic E-state index is 13.9. The first-order chi connectivity index (χ1) is 24.4. The van der Waals surface area contributed by atoms with Crippen molar-refractivity contribution >= 4 is 29.5 Å². The summed E-state index contributed by atoms with van der Waals surface area (Å²) >= 11 is 0. The largest absolute Gasteiger partial charge is 0.508 e. The lowest BCUT2D eigenvalue weighted by Crippen LogP contribution is -2.60. The highest BCUT2D eigenvalue weighted by Crippen LogP contribution is 2.14. The molecule has 0 aliphatic rings. The van der Waals surface area contributed by atoms with Gasteiger partial charge in [-0.1, -0.05) is 86.6 Å². The Kier molecular flexibility index (Phi) is 16.1. The third kappa shape index (κ3) is 13.5. The molecule has 3 aromatic rings. The molecule has 11 N–H and O–H groups in total. The van der Waals surface area contributed by atoms with Crippen LogP contribution in [0.25, 0.3) is 0 Å². The fourth-order valence-electron chi connectivity index (χ4n) is 5.48. The molecule has 13 nitrogen and oxygen atoms in total. The second-order valence-electron chi connectivity index (χ2n) is 13.0. The number of carbonyl (C=O) groups excluding carboxylic acids is 5. The van der Waals surface area contributed by atoms with Crippen LogP contribution in [0.4, 0.5) is 0 Å². The minimum absolute atomic E-state index is 0.0108. The minimum Gasteiger partial charge on any atom is -0.508 e. The number of primary amides is 1. The summed E-state index contributed by atoms with van der Waals surface area (Å²) in [6.07, 6.45) is 1.86. The van der Waals surface area contributed by atoms with E-state index in [4.69, 9.17) is 17.2 Å². The number of nitrogens with one attached hydrogen (secondary N) is 4. The van der Waals surface area contributed by atoms with Gasteiger partial charge >= 0.3 is 0 Å². The van der Waals surface area contributed by atoms with Crippen LogP contribution in [0.15, 0.2) is 84.9 Å². The van der Waals surface area contributed by atoms with E-state index in [0.29, 0.717) is 24.9 Å². The number of phenols is 1. The molecule has 0 saturated heterocycles. The zero-order valence-electron chi connectivity index (χ0n) is 29.2. The summed E-state index contributed by atoms with van der Waals surface area (Å²) in [6, 6.07) is 19.2. The number of hydrogen-bond acceptors (Lipinski definition) is 8. The average molecular weight is 702 g/mol. The van der Waals surface area contributed by atoms with Crippen LogP contribution in [-0.2, 0) is 43.2 Å². The van der Waals surface area contributed by atoms with Crippen LogP contribution in [0.5, 0.6) is 5.75 Å². The Bertz CT molecular complexity index is 1570. The van der Waals surface area contributed by atoms with Crippen molar-refractivity contribution in [2.75, 3.05) is 6.54 Å². The number of carbonyl (C=O) groups is 5. The standard InChI is InChI=1S/C38H51N7O6/c1-24(2)33(38(51)44-31(23-27-16-18-28(46)19-17-27)36(49)42-30(34(41)47)15-9-10-20-39)45-37(50)32(22-26-13-7-4-8-14-26)43-35(48)29(40)21-25-11-5-3-6-12-25/h3-8,11-14,16-19,24,29-33,46H,9-10,15,20-23,39-40H2,1-2H3,(H2,41,47)(H,42,49)(H,43,48)(H,44,51)(H,45,50). The predicted octanol–water partition coefficient (Wildman–Crippen LogP) is 0.957. The molecular weight excluding hydrogens is 650 g/mol. The molecule has 5 atom stereocenters. The fraction of sp³-hybridized carbons (Fsp3) is 0.395. The molecule has 3 rings (SSSR count). The van der Waals surface area contributed by atoms with E-state index in [9.17, 15) is 29.1 Å². The van der Waals surface area contributed by atoms with Crippen molar-refractivity contribution < 1.29 is 29.1 Å². The molecule has 0 fully saturated rings. The van der Waals surface area contributed by atoms with Gasteiger partial charge in [0, 0.05) is 12.8 Å². The second-order valence-corrected chi connectivity index (χ2v) is 13.0. The zero-order valence-corrected chi connectivity index (χ0v) is 29.2. The van der Waals surface area contributed by atoms with Gasteiger partial charge in [0.15, 0.2) is 0 Å². The summed E-state index contributed by atoms with van der Waals surface area (Å²) in [7, 11) is 0. The van der Waals surface area contributed by atoms with Crippen LogP contribution in [0.3, 0.4) is 0 Å². The smallest absolute Gasteiger partial charge is 0.243 e. The third-order valence-electron chi connectivity index (χ3n) is 8.41. The van der Waals surface area contributed by atoms with Crippen molar-refractivity contribution in [1.82, 2.24) is 21.3 Å². The monoisotopic (exact) mass is 701 g/mol. The van der Waals surface area contributed by atoms with E-state index in [1.54, 1.807) is 26.0 Å². The maximum Gasteiger partial charge on any atom is 0.243 e. The minimum atomic E-state index is -1.17. The first-order valence-electron chi connectivity index (χ1n) is 17.2. The Hall–Kier alpha value is -5.27. The first kappa shape index (κ1) is 40.2. The van der Waals surface area contributed by atoms with Crippen molar-refractivity contribution in [2.24, 2.45) is 23.1 Å². The van der Waals surface area contributed by atoms with Crippen molar-refractivity contribution in [3.05, 3.63) is 102 Å². The van der Waals surface area contributed by atoms with E-state index in [1.807, 2.05) is 60.7 Å². The Morgan fingerprint density at radius 3 is 1.59 bits per heavy atom. The van der Waals surface area contributed by atoms with Gasteiger partial charge < -0.3 is 43.6 Å². The molecule has 51 heavy (non-hydrogen) atoms. The summed E-state index contributed by atoms with van der Waals surface area (Å²) in [5.41, 5.74) is 19.6. The third-order valence-corrected chi connectivity index (χ3v) is 8.41. The number of benzene rings is 3. The molecule has 0 saturated carbocycles. The van der Waals surface area contributed by atoms with Gasteiger partial charge in [-0.05, 0) is 67.0 Å². The van der Waals surface area contributed by atoms with Crippen LogP contribution in [-0.4, -0.2) is 71.4 Å². The van der Waals surface area contributed by atoms with E-state index in [2.05, 4.69) is 21.3 Å². The quantitative estimate of drug-likeness (QED) is 0.0789. The van der Waals surface area contributed by atoms with Gasteiger partial charge in [-0.15, -0.1) is 0 Å². The van der Waals surface area contributed by atoms with Crippen LogP contribution < -0.4 is 38.5 Å². The molecule has 0 aliphatic heterocycles. The lowest BCUT2D eigenvalue weighted by atomic mass is 9.99. The van der Waals surface area contributed by atoms with Crippen molar-refractivity contribution in [2.45, 2.75) is 82.6 Å². The molecule has 0 radical (unpaired) electrons. The molecule has 0 heterocycles. The van der Waals surface area contributed by atoms with Crippen LogP contribution >= 0.6 is 0 Å². The average Bonchev–Trinajstić information content (AvgIpc) is 3.10. The van der Waals surface area contributed by atoms with Crippen LogP contribution in [0.1, 0.15) is 49.8 Å². The molecule has 5 amide bonds. The number of phenolic OH excluding ortho intramolecular Hbond substituents is 1. The van der Waals surface area contributed by atoms with Gasteiger partial charge in [0.25, 0.3) is 0 Å². The maximum atomic E-state index is 13.9. The number of rotatable bonds is 20. The normalized spacial score (nSPS) is 14.0. The van der Waals surface area contributed by atoms with E-state index in [1.165, 1.54) is 12.1 Å². The highest BCUT2D eigenvalue weighted by atomic mass is 16.3. The number of nitrogens with two attached hydrogens (primary N) is 3. The Labute approximate surface area is 299 Å². The molecule has 0 aliphatic carbocycles. The summed E-state index contributed by atoms with van der Waals surface area (Å²) in [5, 5.41) is 20.7. The van der Waals surface area contributed by atoms with Gasteiger partial charge in [-0.3, -0.25) is 24.0 Å². The van der Waals surface area contributed by atoms with Gasteiger partial charge in [-0.25, -0.2) is 0 Å². The van der Waals surface area contributed by atoms with Crippen molar-refractivity contribution in [3.8, 4) is 5.75 Å². The zero-order chi connectivity index (χ0) is 37.3. The van der Waals surface area contributed by atoms with Gasteiger partial charge in [0.1, 0.15) is 29.9 Å². The number of unbranched alkanes of at least 4 members (excludes halogenated alkanes) is 1. The highest BCUT2D eigenvalue weighted by Gasteiger charge is 2.33. The first-order valence-corrected chi connectivity index (χ1v) is 17.2. The van der Waals surface area contributed by atoms with Crippen molar-refractivity contribution in [3.63, 3.8) is 0 Å². The van der Waals surface area contributed by atoms with Gasteiger partial charge in [-0.2, -0.15) is 0 Å². The van der Waals surface area contributed by atoms with E-state index in [-0.39, 0.29) is 31.4 Å². The van der Waals surface area contributed by atoms with Crippen LogP contribution in [0.2, 0.25) is 0 Å². The summed E-state index contributed by atoms with van der Waals surface area (Å²) in [5.74, 6) is -3.57. The molecule has 0 bridgehead atoms. The number of aromatic hydroxyl groups is 1. The van der Waals surface area contributed by atoms with Crippen LogP contribution in [0, 0.1) is 5.92 Å². The Morgan fingerprint density at radius 2 is 1.08 bits per heavy atom. The molecule has 274 valence electrons. The topological polar surface area (TPSA) is 232 Å². The summed E-state index contributed by atoms with van der Waals surface area (Å²) < 4.78 is 0. The molecule has 5 unspecified atom stereocenters. The lowest BCUT2D eigenvalue weighted by Gasteiger charge is -2.28. The molecule has 3 aromatic carbocycles. The number of amides is 5. The molecule has 0 spiro atoms. The lowest BCUT2D eigenvalue weighted by molar-refractivity contribution is -0.135. The Balaban J connectivity index is 1.81. The molecule has 13 heteroatoms. The fourth-order valence-corrected chi connectivity index (χ4v) is 5.48. The van der Waals surface area contributed by atoms with Gasteiger partial charge in [0.2, 0.25) is 29.5 Å². The van der Waals surface area contributed by atoms with Gasteiger partial charge in [0.05, 0.1) is 6.04 Å². The highest BCUT2D eigenvalue weighted by molar-refractivity contribution is 5.96. The van der Waals surface area contributed by atoms with E-state index < -0.39 is 65.7 Å². The molecule has 0 aromatic heterocycles. The van der Waals surface area contributed by atoms with Crippen molar-refractivity contribution in [1.29, 1.82) is 0 Å². The Morgan fingerprint density at radius 1 is 0.608 bits per heavy atom. The SMILES string of the molecule is CC(C)C(NC(=O)C(Cc1ccccc1)NC(=O)C(N)Cc1ccccc1)C(=O)NC(Cc1ccc(O)cc1)C(=O)NC(CCCCN)C(N)=O. The summed E-state index contributed by atoms with van der Waals surface area (Å²) in [6.45, 7) is 3.89. The predicted molar refractivity (Wildman–Crippen MR) is 195 cm³/mol. The summed E-state index contributed by atoms with van der Waals surface area (Å²) in [4.78, 5) is 66.7.